The van der Waals surface area contributed by atoms with E-state index in [1.807, 2.05) is 6.07 Å². The number of piperidine rings is 1. The van der Waals surface area contributed by atoms with Crippen LogP contribution in [0.4, 0.5) is 18.0 Å². The molecule has 0 aromatic heterocycles. The number of carboxylic acids is 1. The minimum absolute atomic E-state index is 0.0246. The van der Waals surface area contributed by atoms with Crippen LogP contribution in [0.5, 0.6) is 11.5 Å². The van der Waals surface area contributed by atoms with Gasteiger partial charge in [0.2, 0.25) is 0 Å². The normalized spacial score (nSPS) is 16.6. The number of carbonyl (C=O) groups excluding carboxylic acids is 1. The molecule has 3 rings (SSSR count). The molecule has 1 amide bonds. The van der Waals surface area contributed by atoms with Crippen molar-refractivity contribution in [1.82, 2.24) is 4.90 Å². The molecule has 34 heavy (non-hydrogen) atoms. The Hall–Kier alpha value is -3.43. The lowest BCUT2D eigenvalue weighted by molar-refractivity contribution is -0.274. The van der Waals surface area contributed by atoms with Gasteiger partial charge in [-0.15, -0.1) is 13.2 Å². The number of benzene rings is 2. The zero-order valence-corrected chi connectivity index (χ0v) is 18.8. The molecule has 2 aromatic carbocycles. The summed E-state index contributed by atoms with van der Waals surface area (Å²) in [7, 11) is 0. The van der Waals surface area contributed by atoms with Gasteiger partial charge in [0.05, 0.1) is 0 Å². The number of carboxylic acid groups (broad SMARTS) is 1. The van der Waals surface area contributed by atoms with Crippen molar-refractivity contribution in [2.45, 2.75) is 51.2 Å². The molecule has 1 aliphatic rings. The van der Waals surface area contributed by atoms with Crippen molar-refractivity contribution < 1.29 is 42.1 Å². The van der Waals surface area contributed by atoms with Gasteiger partial charge in [0, 0.05) is 19.0 Å². The van der Waals surface area contributed by atoms with Gasteiger partial charge in [0.15, 0.2) is 5.60 Å². The van der Waals surface area contributed by atoms with Gasteiger partial charge in [-0.05, 0) is 62.1 Å². The number of halogens is 3. The van der Waals surface area contributed by atoms with Gasteiger partial charge in [-0.3, -0.25) is 0 Å². The zero-order chi connectivity index (χ0) is 24.9. The number of ether oxygens (including phenoxy) is 3. The highest BCUT2D eigenvalue weighted by Crippen LogP contribution is 2.31. The summed E-state index contributed by atoms with van der Waals surface area (Å²) in [5.74, 6) is -0.967. The summed E-state index contributed by atoms with van der Waals surface area (Å²) >= 11 is 0. The van der Waals surface area contributed by atoms with E-state index in [4.69, 9.17) is 9.47 Å². The van der Waals surface area contributed by atoms with E-state index in [0.717, 1.165) is 30.5 Å². The van der Waals surface area contributed by atoms with Crippen molar-refractivity contribution >= 4 is 12.1 Å². The van der Waals surface area contributed by atoms with Gasteiger partial charge in [-0.25, -0.2) is 9.59 Å². The number of nitrogens with zero attached hydrogens (tertiary/aromatic N) is 1. The van der Waals surface area contributed by atoms with Crippen LogP contribution in [0.25, 0.3) is 0 Å². The molecule has 0 radical (unpaired) electrons. The van der Waals surface area contributed by atoms with Gasteiger partial charge < -0.3 is 24.2 Å². The third-order valence-electron chi connectivity index (χ3n) is 5.42. The Morgan fingerprint density at radius 3 is 2.41 bits per heavy atom. The molecule has 2 aromatic rings. The van der Waals surface area contributed by atoms with Crippen LogP contribution in [0.2, 0.25) is 0 Å². The fraction of sp³-hybridized carbons (Fsp3) is 0.417. The largest absolute Gasteiger partial charge is 0.573 e. The fourth-order valence-corrected chi connectivity index (χ4v) is 3.61. The number of carbonyl (C=O) groups is 2. The van der Waals surface area contributed by atoms with Crippen molar-refractivity contribution in [2.24, 2.45) is 0 Å². The number of likely N-dealkylation sites (tertiary alicyclic amines) is 1. The van der Waals surface area contributed by atoms with E-state index in [2.05, 4.69) is 4.74 Å². The quantitative estimate of drug-likeness (QED) is 0.574. The second kappa shape index (κ2) is 10.2. The third-order valence-corrected chi connectivity index (χ3v) is 5.42. The standard InChI is InChI=1S/C24H26F3NO6/c1-23(2,21(29)30)33-20-7-3-5-17(13-20)18-6-4-12-28(14-18)22(31)32-15-16-8-10-19(11-9-16)34-24(25,26)27/h3,5,7-11,13,18H,4,6,12,14-15H2,1-2H3,(H,29,30). The monoisotopic (exact) mass is 481 g/mol. The van der Waals surface area contributed by atoms with Gasteiger partial charge in [-0.2, -0.15) is 0 Å². The van der Waals surface area contributed by atoms with Crippen molar-refractivity contribution in [3.8, 4) is 11.5 Å². The molecule has 0 bridgehead atoms. The van der Waals surface area contributed by atoms with Crippen LogP contribution >= 0.6 is 0 Å². The van der Waals surface area contributed by atoms with Gasteiger partial charge in [-0.1, -0.05) is 24.3 Å². The van der Waals surface area contributed by atoms with E-state index in [-0.39, 0.29) is 18.3 Å². The summed E-state index contributed by atoms with van der Waals surface area (Å²) in [4.78, 5) is 25.5. The molecule has 1 unspecified atom stereocenters. The number of rotatable bonds is 7. The second-order valence-electron chi connectivity index (χ2n) is 8.52. The summed E-state index contributed by atoms with van der Waals surface area (Å²) in [5, 5.41) is 9.27. The highest BCUT2D eigenvalue weighted by atomic mass is 19.4. The van der Waals surface area contributed by atoms with Crippen molar-refractivity contribution in [1.29, 1.82) is 0 Å². The predicted molar refractivity (Wildman–Crippen MR) is 116 cm³/mol. The summed E-state index contributed by atoms with van der Waals surface area (Å²) < 4.78 is 51.5. The van der Waals surface area contributed by atoms with Crippen LogP contribution in [0.15, 0.2) is 48.5 Å². The molecular weight excluding hydrogens is 455 g/mol. The molecule has 1 atom stereocenters. The zero-order valence-electron chi connectivity index (χ0n) is 18.8. The predicted octanol–water partition coefficient (Wildman–Crippen LogP) is 5.34. The Morgan fingerprint density at radius 1 is 1.06 bits per heavy atom. The minimum atomic E-state index is -4.77. The van der Waals surface area contributed by atoms with E-state index < -0.39 is 24.0 Å². The molecular formula is C24H26F3NO6. The SMILES string of the molecule is CC(C)(Oc1cccc(C2CCCN(C(=O)OCc3ccc(OC(F)(F)F)cc3)C2)c1)C(=O)O. The Bertz CT molecular complexity index is 1010. The second-order valence-corrected chi connectivity index (χ2v) is 8.52. The number of hydrogen-bond acceptors (Lipinski definition) is 5. The lowest BCUT2D eigenvalue weighted by atomic mass is 9.90. The minimum Gasteiger partial charge on any atom is -0.478 e. The van der Waals surface area contributed by atoms with Crippen molar-refractivity contribution in [3.63, 3.8) is 0 Å². The first-order chi connectivity index (χ1) is 15.9. The lowest BCUT2D eigenvalue weighted by Crippen LogP contribution is -2.39. The van der Waals surface area contributed by atoms with Crippen LogP contribution in [-0.2, 0) is 16.1 Å². The third kappa shape index (κ3) is 7.03. The van der Waals surface area contributed by atoms with Crippen LogP contribution in [0.3, 0.4) is 0 Å². The first-order valence-corrected chi connectivity index (χ1v) is 10.7. The molecule has 10 heteroatoms. The highest BCUT2D eigenvalue weighted by Gasteiger charge is 2.31. The summed E-state index contributed by atoms with van der Waals surface area (Å²) in [6, 6.07) is 12.3. The highest BCUT2D eigenvalue weighted by molar-refractivity contribution is 5.76. The Morgan fingerprint density at radius 2 is 1.76 bits per heavy atom. The molecule has 1 fully saturated rings. The number of amides is 1. The van der Waals surface area contributed by atoms with Gasteiger partial charge in [0.25, 0.3) is 0 Å². The van der Waals surface area contributed by atoms with Gasteiger partial charge in [0.1, 0.15) is 18.1 Å². The molecule has 7 nitrogen and oxygen atoms in total. The smallest absolute Gasteiger partial charge is 0.478 e. The molecule has 1 aliphatic heterocycles. The van der Waals surface area contributed by atoms with Crippen LogP contribution in [-0.4, -0.2) is 47.1 Å². The average molecular weight is 481 g/mol. The lowest BCUT2D eigenvalue weighted by Gasteiger charge is -2.32. The maximum absolute atomic E-state index is 12.6. The Labute approximate surface area is 195 Å². The van der Waals surface area contributed by atoms with Crippen LogP contribution in [0.1, 0.15) is 43.7 Å². The van der Waals surface area contributed by atoms with E-state index >= 15 is 0 Å². The summed E-state index contributed by atoms with van der Waals surface area (Å²) in [6.45, 7) is 3.80. The Balaban J connectivity index is 1.57. The first kappa shape index (κ1) is 25.2. The molecule has 184 valence electrons. The van der Waals surface area contributed by atoms with Crippen LogP contribution < -0.4 is 9.47 Å². The maximum Gasteiger partial charge on any atom is 0.573 e. The molecule has 1 saturated heterocycles. The number of aliphatic carboxylic acids is 1. The van der Waals surface area contributed by atoms with Gasteiger partial charge >= 0.3 is 18.4 Å². The summed E-state index contributed by atoms with van der Waals surface area (Å²) in [6.07, 6.45) is -3.68. The Kier molecular flexibility index (Phi) is 7.58. The topological polar surface area (TPSA) is 85.3 Å². The van der Waals surface area contributed by atoms with E-state index in [1.165, 1.54) is 26.0 Å². The molecule has 1 heterocycles. The van der Waals surface area contributed by atoms with E-state index in [9.17, 15) is 27.9 Å². The molecule has 1 N–H and O–H groups in total. The summed E-state index contributed by atoms with van der Waals surface area (Å²) in [5.41, 5.74) is 0.0803. The van der Waals surface area contributed by atoms with Crippen molar-refractivity contribution in [3.05, 3.63) is 59.7 Å². The van der Waals surface area contributed by atoms with Crippen LogP contribution in [0, 0.1) is 0 Å². The average Bonchev–Trinajstić information content (AvgIpc) is 2.77. The molecule has 0 aliphatic carbocycles. The first-order valence-electron chi connectivity index (χ1n) is 10.7. The number of hydrogen-bond donors (Lipinski definition) is 1. The number of alkyl halides is 3. The van der Waals surface area contributed by atoms with E-state index in [1.54, 1.807) is 23.1 Å². The maximum atomic E-state index is 12.6. The van der Waals surface area contributed by atoms with E-state index in [0.29, 0.717) is 24.4 Å². The van der Waals surface area contributed by atoms with Crippen molar-refractivity contribution in [2.75, 3.05) is 13.1 Å². The fourth-order valence-electron chi connectivity index (χ4n) is 3.61. The molecule has 0 spiro atoms. The molecule has 0 saturated carbocycles.